The lowest BCUT2D eigenvalue weighted by atomic mass is 9.94. The van der Waals surface area contributed by atoms with Crippen molar-refractivity contribution in [1.82, 2.24) is 4.90 Å². The first kappa shape index (κ1) is 35.3. The Balaban J connectivity index is 1.49. The van der Waals surface area contributed by atoms with Gasteiger partial charge in [0, 0.05) is 7.11 Å². The van der Waals surface area contributed by atoms with Crippen LogP contribution in [0.5, 0.6) is 0 Å². The zero-order valence-corrected chi connectivity index (χ0v) is 29.1. The van der Waals surface area contributed by atoms with Crippen molar-refractivity contribution in [3.63, 3.8) is 0 Å². The van der Waals surface area contributed by atoms with Crippen LogP contribution < -0.4 is 10.4 Å². The first-order valence-electron chi connectivity index (χ1n) is 16.1. The van der Waals surface area contributed by atoms with Gasteiger partial charge in [-0.05, 0) is 52.7 Å². The molecule has 3 aromatic carbocycles. The molecular formula is C38H49NO6Si. The van der Waals surface area contributed by atoms with Crippen molar-refractivity contribution in [2.45, 2.75) is 71.1 Å². The Hall–Kier alpha value is -3.56. The van der Waals surface area contributed by atoms with Crippen molar-refractivity contribution in [2.24, 2.45) is 5.92 Å². The Labute approximate surface area is 275 Å². The lowest BCUT2D eigenvalue weighted by molar-refractivity contribution is -0.136. The molecule has 7 nitrogen and oxygen atoms in total. The lowest BCUT2D eigenvalue weighted by Gasteiger charge is -2.43. The van der Waals surface area contributed by atoms with E-state index in [1.54, 1.807) is 14.0 Å². The molecule has 1 N–H and O–H groups in total. The second-order valence-electron chi connectivity index (χ2n) is 13.3. The summed E-state index contributed by atoms with van der Waals surface area (Å²) in [6.07, 6.45) is -0.162. The van der Waals surface area contributed by atoms with Gasteiger partial charge in [-0.3, -0.25) is 4.79 Å². The summed E-state index contributed by atoms with van der Waals surface area (Å²) in [5.74, 6) is -1.18. The Morgan fingerprint density at radius 2 is 1.50 bits per heavy atom. The maximum absolute atomic E-state index is 13.5. The molecule has 246 valence electrons. The van der Waals surface area contributed by atoms with Gasteiger partial charge in [0.25, 0.3) is 8.32 Å². The second-order valence-corrected chi connectivity index (χ2v) is 17.6. The lowest BCUT2D eigenvalue weighted by Crippen LogP contribution is -2.66. The van der Waals surface area contributed by atoms with E-state index in [4.69, 9.17) is 13.9 Å². The fraction of sp³-hybridized carbons (Fsp3) is 0.421. The van der Waals surface area contributed by atoms with Gasteiger partial charge in [-0.25, -0.2) is 9.69 Å². The van der Waals surface area contributed by atoms with E-state index >= 15 is 0 Å². The Kier molecular flexibility index (Phi) is 12.1. The van der Waals surface area contributed by atoms with Gasteiger partial charge >= 0.3 is 6.09 Å². The number of cyclic esters (lactones) is 1. The third-order valence-corrected chi connectivity index (χ3v) is 14.1. The molecule has 0 radical (unpaired) electrons. The summed E-state index contributed by atoms with van der Waals surface area (Å²) in [6, 6.07) is 30.4. The molecule has 1 aliphatic heterocycles. The molecule has 3 atom stereocenters. The predicted molar refractivity (Wildman–Crippen MR) is 185 cm³/mol. The van der Waals surface area contributed by atoms with Crippen LogP contribution in [0.25, 0.3) is 0 Å². The third-order valence-electron chi connectivity index (χ3n) is 9.10. The first-order valence-corrected chi connectivity index (χ1v) is 18.0. The molecule has 0 aromatic heterocycles. The number of aliphatic hydroxyl groups excluding tert-OH is 1. The fourth-order valence-corrected chi connectivity index (χ4v) is 10.9. The molecule has 1 saturated heterocycles. The highest BCUT2D eigenvalue weighted by atomic mass is 28.4. The zero-order chi connectivity index (χ0) is 33.3. The Bertz CT molecular complexity index is 1420. The number of ether oxygens (including phenoxy) is 2. The van der Waals surface area contributed by atoms with Gasteiger partial charge in [0.2, 0.25) is 5.91 Å². The first-order chi connectivity index (χ1) is 22.0. The van der Waals surface area contributed by atoms with Crippen molar-refractivity contribution in [3.8, 4) is 0 Å². The average Bonchev–Trinajstić information content (AvgIpc) is 3.42. The number of benzene rings is 3. The molecule has 1 heterocycles. The molecule has 8 heteroatoms. The van der Waals surface area contributed by atoms with Crippen LogP contribution in [-0.2, 0) is 25.1 Å². The van der Waals surface area contributed by atoms with Gasteiger partial charge in [0.1, 0.15) is 6.61 Å². The minimum Gasteiger partial charge on any atom is -0.447 e. The quantitative estimate of drug-likeness (QED) is 0.174. The molecule has 2 amide bonds. The van der Waals surface area contributed by atoms with Crippen LogP contribution >= 0.6 is 0 Å². The molecule has 3 aromatic rings. The molecule has 1 aliphatic rings. The number of allylic oxidation sites excluding steroid dienone is 1. The summed E-state index contributed by atoms with van der Waals surface area (Å²) in [5, 5.41) is 13.4. The van der Waals surface area contributed by atoms with E-state index in [-0.39, 0.29) is 11.6 Å². The van der Waals surface area contributed by atoms with Crippen molar-refractivity contribution in [1.29, 1.82) is 0 Å². The number of nitrogens with zero attached hydrogens (tertiary/aromatic N) is 1. The summed E-state index contributed by atoms with van der Waals surface area (Å²) in [7, 11) is -1.08. The maximum atomic E-state index is 13.5. The normalized spacial score (nSPS) is 17.3. The number of imide groups is 1. The molecule has 0 saturated carbocycles. The standard InChI is InChI=1S/C38H49NO6Si/c1-28(22-23-35(40)29(2)36(41)39-32(27-44-37(39)42)24-30-16-10-7-11-17-30)31(25-43-6)26-45-46(38(3,4)5,33-18-12-8-13-19-33)34-20-14-9-15-21-34/h7-21,29,32,35,40H,22-27H2,1-6H3/b31-28-/t29-,32-,35+/m1/s1. The van der Waals surface area contributed by atoms with Crippen molar-refractivity contribution < 1.29 is 28.6 Å². The molecule has 0 aliphatic carbocycles. The van der Waals surface area contributed by atoms with Crippen molar-refractivity contribution in [3.05, 3.63) is 108 Å². The number of aliphatic hydroxyl groups is 1. The van der Waals surface area contributed by atoms with Crippen LogP contribution in [0.1, 0.15) is 53.0 Å². The summed E-state index contributed by atoms with van der Waals surface area (Å²) in [5.41, 5.74) is 3.09. The highest BCUT2D eigenvalue weighted by Crippen LogP contribution is 2.37. The number of hydrogen-bond acceptors (Lipinski definition) is 6. The number of methoxy groups -OCH3 is 1. The fourth-order valence-electron chi connectivity index (χ4n) is 6.36. The summed E-state index contributed by atoms with van der Waals surface area (Å²) in [4.78, 5) is 27.2. The number of amides is 2. The van der Waals surface area contributed by atoms with Crippen molar-refractivity contribution in [2.75, 3.05) is 26.9 Å². The van der Waals surface area contributed by atoms with Gasteiger partial charge in [-0.1, -0.05) is 124 Å². The number of hydrogen-bond donors (Lipinski definition) is 1. The number of carbonyl (C=O) groups is 2. The zero-order valence-electron chi connectivity index (χ0n) is 28.1. The molecule has 0 spiro atoms. The van der Waals surface area contributed by atoms with E-state index in [2.05, 4.69) is 69.3 Å². The van der Waals surface area contributed by atoms with Crippen LogP contribution in [0.15, 0.2) is 102 Å². The van der Waals surface area contributed by atoms with E-state index in [1.165, 1.54) is 15.3 Å². The van der Waals surface area contributed by atoms with E-state index in [0.29, 0.717) is 32.5 Å². The van der Waals surface area contributed by atoms with Crippen LogP contribution in [0, 0.1) is 5.92 Å². The van der Waals surface area contributed by atoms with Gasteiger partial charge < -0.3 is 19.0 Å². The van der Waals surface area contributed by atoms with Gasteiger partial charge in [0.05, 0.1) is 31.3 Å². The van der Waals surface area contributed by atoms with Crippen molar-refractivity contribution >= 4 is 30.7 Å². The van der Waals surface area contributed by atoms with Gasteiger partial charge in [-0.15, -0.1) is 0 Å². The number of carbonyl (C=O) groups excluding carboxylic acids is 2. The van der Waals surface area contributed by atoms with E-state index in [9.17, 15) is 14.7 Å². The topological polar surface area (TPSA) is 85.3 Å². The molecule has 4 rings (SSSR count). The van der Waals surface area contributed by atoms with E-state index in [0.717, 1.165) is 16.7 Å². The minimum atomic E-state index is -2.75. The molecule has 0 bridgehead atoms. The number of rotatable bonds is 14. The predicted octanol–water partition coefficient (Wildman–Crippen LogP) is 5.89. The maximum Gasteiger partial charge on any atom is 0.416 e. The highest BCUT2D eigenvalue weighted by molar-refractivity contribution is 6.99. The van der Waals surface area contributed by atoms with E-state index < -0.39 is 38.4 Å². The van der Waals surface area contributed by atoms with E-state index in [1.807, 2.05) is 49.4 Å². The third kappa shape index (κ3) is 8.04. The van der Waals surface area contributed by atoms with Crippen LogP contribution in [0.4, 0.5) is 4.79 Å². The molecule has 1 fully saturated rings. The summed E-state index contributed by atoms with van der Waals surface area (Å²) in [6.45, 7) is 11.4. The van der Waals surface area contributed by atoms with Crippen LogP contribution in [0.2, 0.25) is 5.04 Å². The summed E-state index contributed by atoms with van der Waals surface area (Å²) >= 11 is 0. The van der Waals surface area contributed by atoms with Crippen LogP contribution in [-0.4, -0.2) is 69.4 Å². The molecule has 0 unspecified atom stereocenters. The average molecular weight is 644 g/mol. The SMILES string of the molecule is COC/C(CO[Si](c1ccccc1)(c1ccccc1)C(C)(C)C)=C(\C)CC[C@H](O)[C@@H](C)C(=O)N1C(=O)OC[C@H]1Cc1ccccc1. The molecule has 46 heavy (non-hydrogen) atoms. The Morgan fingerprint density at radius 1 is 0.957 bits per heavy atom. The minimum absolute atomic E-state index is 0.149. The highest BCUT2D eigenvalue weighted by Gasteiger charge is 2.50. The monoisotopic (exact) mass is 643 g/mol. The Morgan fingerprint density at radius 3 is 2.02 bits per heavy atom. The van der Waals surface area contributed by atoms with Gasteiger partial charge in [-0.2, -0.15) is 0 Å². The van der Waals surface area contributed by atoms with Gasteiger partial charge in [0.15, 0.2) is 0 Å². The smallest absolute Gasteiger partial charge is 0.416 e. The largest absolute Gasteiger partial charge is 0.447 e. The molecular weight excluding hydrogens is 595 g/mol. The van der Waals surface area contributed by atoms with Crippen LogP contribution in [0.3, 0.4) is 0 Å². The second kappa shape index (κ2) is 15.8. The summed E-state index contributed by atoms with van der Waals surface area (Å²) < 4.78 is 18.0.